The van der Waals surface area contributed by atoms with Crippen molar-refractivity contribution >= 4 is 5.91 Å². The van der Waals surface area contributed by atoms with Gasteiger partial charge in [-0.05, 0) is 27.7 Å². The summed E-state index contributed by atoms with van der Waals surface area (Å²) in [6, 6.07) is 9.38. The average molecular weight is 338 g/mol. The van der Waals surface area contributed by atoms with Gasteiger partial charge in [-0.1, -0.05) is 35.0 Å². The number of hydrogen-bond donors (Lipinski definition) is 1. The summed E-state index contributed by atoms with van der Waals surface area (Å²) < 4.78 is 7.18. The van der Waals surface area contributed by atoms with Gasteiger partial charge in [0.15, 0.2) is 11.5 Å². The summed E-state index contributed by atoms with van der Waals surface area (Å²) in [5.74, 6) is 0.311. The molecule has 2 aromatic heterocycles. The molecule has 0 fully saturated rings. The van der Waals surface area contributed by atoms with Crippen LogP contribution in [-0.4, -0.2) is 20.8 Å². The minimum Gasteiger partial charge on any atom is -0.355 e. The first-order chi connectivity index (χ1) is 12.0. The zero-order valence-electron chi connectivity index (χ0n) is 14.9. The summed E-state index contributed by atoms with van der Waals surface area (Å²) in [7, 11) is 0. The van der Waals surface area contributed by atoms with Crippen LogP contribution in [0.1, 0.15) is 47.2 Å². The number of nitrogens with zero attached hydrogens (tertiary/aromatic N) is 3. The van der Waals surface area contributed by atoms with E-state index in [4.69, 9.17) is 4.52 Å². The normalized spacial score (nSPS) is 12.2. The lowest BCUT2D eigenvalue weighted by Gasteiger charge is -2.11. The van der Waals surface area contributed by atoms with Crippen LogP contribution in [0.25, 0.3) is 11.3 Å². The molecular formula is C19H22N4O2. The van der Waals surface area contributed by atoms with E-state index in [1.165, 1.54) is 0 Å². The lowest BCUT2D eigenvalue weighted by molar-refractivity contribution is 0.0930. The summed E-state index contributed by atoms with van der Waals surface area (Å²) in [6.07, 6.45) is 1.96. The number of carbonyl (C=O) groups excluding carboxylic acids is 1. The minimum absolute atomic E-state index is 0.160. The fourth-order valence-electron chi connectivity index (χ4n) is 2.70. The quantitative estimate of drug-likeness (QED) is 0.770. The van der Waals surface area contributed by atoms with Crippen LogP contribution in [0.2, 0.25) is 0 Å². The predicted octanol–water partition coefficient (Wildman–Crippen LogP) is 3.67. The molecule has 0 unspecified atom stereocenters. The molecule has 2 heterocycles. The van der Waals surface area contributed by atoms with Gasteiger partial charge in [-0.15, -0.1) is 0 Å². The molecule has 6 nitrogen and oxygen atoms in total. The number of rotatable bonds is 5. The van der Waals surface area contributed by atoms with E-state index in [-0.39, 0.29) is 17.6 Å². The molecule has 3 rings (SSSR count). The first kappa shape index (κ1) is 17.0. The number of carbonyl (C=O) groups is 1. The molecular weight excluding hydrogens is 316 g/mol. The van der Waals surface area contributed by atoms with Crippen molar-refractivity contribution in [2.45, 2.75) is 40.3 Å². The molecule has 1 aromatic carbocycles. The second-order valence-electron chi connectivity index (χ2n) is 6.16. The van der Waals surface area contributed by atoms with Crippen molar-refractivity contribution in [2.24, 2.45) is 0 Å². The molecule has 0 radical (unpaired) electrons. The molecule has 0 saturated carbocycles. The SMILES string of the molecule is CCn1cc([C@@H](C)NC(=O)c2cc(-c3ccc(C)cc3)on2)c(C)n1. The van der Waals surface area contributed by atoms with E-state index < -0.39 is 0 Å². The second-order valence-corrected chi connectivity index (χ2v) is 6.16. The van der Waals surface area contributed by atoms with Gasteiger partial charge in [0.2, 0.25) is 0 Å². The molecule has 3 aromatic rings. The highest BCUT2D eigenvalue weighted by Gasteiger charge is 2.19. The Balaban J connectivity index is 1.73. The van der Waals surface area contributed by atoms with E-state index >= 15 is 0 Å². The van der Waals surface area contributed by atoms with E-state index in [1.54, 1.807) is 6.07 Å². The average Bonchev–Trinajstić information content (AvgIpc) is 3.22. The van der Waals surface area contributed by atoms with Crippen molar-refractivity contribution in [2.75, 3.05) is 0 Å². The lowest BCUT2D eigenvalue weighted by atomic mass is 10.1. The van der Waals surface area contributed by atoms with Crippen LogP contribution in [0.3, 0.4) is 0 Å². The van der Waals surface area contributed by atoms with Crippen molar-refractivity contribution in [1.29, 1.82) is 0 Å². The van der Waals surface area contributed by atoms with E-state index in [1.807, 2.05) is 62.8 Å². The van der Waals surface area contributed by atoms with Gasteiger partial charge in [-0.3, -0.25) is 9.48 Å². The molecule has 130 valence electrons. The Morgan fingerprint density at radius 3 is 2.64 bits per heavy atom. The highest BCUT2D eigenvalue weighted by molar-refractivity contribution is 5.93. The van der Waals surface area contributed by atoms with Gasteiger partial charge in [-0.25, -0.2) is 0 Å². The van der Waals surface area contributed by atoms with Gasteiger partial charge in [0.25, 0.3) is 5.91 Å². The van der Waals surface area contributed by atoms with Crippen molar-refractivity contribution in [3.63, 3.8) is 0 Å². The molecule has 0 bridgehead atoms. The van der Waals surface area contributed by atoms with E-state index in [2.05, 4.69) is 15.6 Å². The van der Waals surface area contributed by atoms with E-state index in [0.29, 0.717) is 5.76 Å². The number of benzene rings is 1. The number of aromatic nitrogens is 3. The van der Waals surface area contributed by atoms with Crippen molar-refractivity contribution in [3.05, 3.63) is 59.0 Å². The second kappa shape index (κ2) is 6.93. The van der Waals surface area contributed by atoms with Gasteiger partial charge >= 0.3 is 0 Å². The zero-order chi connectivity index (χ0) is 18.0. The van der Waals surface area contributed by atoms with E-state index in [0.717, 1.165) is 28.9 Å². The van der Waals surface area contributed by atoms with Gasteiger partial charge in [0, 0.05) is 29.9 Å². The van der Waals surface area contributed by atoms with Gasteiger partial charge in [0.05, 0.1) is 11.7 Å². The predicted molar refractivity (Wildman–Crippen MR) is 95.2 cm³/mol. The number of hydrogen-bond acceptors (Lipinski definition) is 4. The highest BCUT2D eigenvalue weighted by Crippen LogP contribution is 2.22. The first-order valence-electron chi connectivity index (χ1n) is 8.36. The Labute approximate surface area is 146 Å². The Bertz CT molecular complexity index is 877. The van der Waals surface area contributed by atoms with Gasteiger partial charge in [0.1, 0.15) is 0 Å². The Morgan fingerprint density at radius 2 is 2.00 bits per heavy atom. The summed E-state index contributed by atoms with van der Waals surface area (Å²) in [5.41, 5.74) is 4.24. The van der Waals surface area contributed by atoms with Gasteiger partial charge in [-0.2, -0.15) is 5.10 Å². The summed E-state index contributed by atoms with van der Waals surface area (Å²) >= 11 is 0. The van der Waals surface area contributed by atoms with Crippen molar-refractivity contribution < 1.29 is 9.32 Å². The number of amides is 1. The third-order valence-electron chi connectivity index (χ3n) is 4.20. The third-order valence-corrected chi connectivity index (χ3v) is 4.20. The summed E-state index contributed by atoms with van der Waals surface area (Å²) in [4.78, 5) is 12.5. The molecule has 1 atom stereocenters. The standard InChI is InChI=1S/C19H22N4O2/c1-5-23-11-16(14(4)21-23)13(3)20-19(24)17-10-18(25-22-17)15-8-6-12(2)7-9-15/h6-11,13H,5H2,1-4H3,(H,20,24)/t13-/m1/s1. The fraction of sp³-hybridized carbons (Fsp3) is 0.316. The Morgan fingerprint density at radius 1 is 1.28 bits per heavy atom. The number of aryl methyl sites for hydroxylation is 3. The monoisotopic (exact) mass is 338 g/mol. The fourth-order valence-corrected chi connectivity index (χ4v) is 2.70. The zero-order valence-corrected chi connectivity index (χ0v) is 14.9. The lowest BCUT2D eigenvalue weighted by Crippen LogP contribution is -2.27. The van der Waals surface area contributed by atoms with Crippen molar-refractivity contribution in [3.8, 4) is 11.3 Å². The van der Waals surface area contributed by atoms with Crippen LogP contribution in [0.4, 0.5) is 0 Å². The van der Waals surface area contributed by atoms with Crippen LogP contribution >= 0.6 is 0 Å². The molecule has 1 N–H and O–H groups in total. The van der Waals surface area contributed by atoms with Gasteiger partial charge < -0.3 is 9.84 Å². The molecule has 0 saturated heterocycles. The minimum atomic E-state index is -0.265. The number of nitrogens with one attached hydrogen (secondary N) is 1. The summed E-state index contributed by atoms with van der Waals surface area (Å²) in [6.45, 7) is 8.72. The van der Waals surface area contributed by atoms with Crippen LogP contribution in [0, 0.1) is 13.8 Å². The van der Waals surface area contributed by atoms with Crippen LogP contribution in [0.15, 0.2) is 41.1 Å². The van der Waals surface area contributed by atoms with Crippen molar-refractivity contribution in [1.82, 2.24) is 20.3 Å². The molecule has 1 amide bonds. The maximum Gasteiger partial charge on any atom is 0.273 e. The maximum absolute atomic E-state index is 12.5. The molecule has 25 heavy (non-hydrogen) atoms. The Hall–Kier alpha value is -2.89. The third kappa shape index (κ3) is 3.63. The first-order valence-corrected chi connectivity index (χ1v) is 8.36. The molecule has 0 aliphatic heterocycles. The van der Waals surface area contributed by atoms with Crippen LogP contribution in [-0.2, 0) is 6.54 Å². The highest BCUT2D eigenvalue weighted by atomic mass is 16.5. The molecule has 0 aliphatic rings. The Kier molecular flexibility index (Phi) is 4.70. The molecule has 0 aliphatic carbocycles. The summed E-state index contributed by atoms with van der Waals surface area (Å²) in [5, 5.41) is 11.3. The maximum atomic E-state index is 12.5. The molecule has 0 spiro atoms. The topological polar surface area (TPSA) is 73.0 Å². The van der Waals surface area contributed by atoms with Crippen LogP contribution < -0.4 is 5.32 Å². The van der Waals surface area contributed by atoms with Crippen LogP contribution in [0.5, 0.6) is 0 Å². The smallest absolute Gasteiger partial charge is 0.273 e. The molecule has 6 heteroatoms. The van der Waals surface area contributed by atoms with E-state index in [9.17, 15) is 4.79 Å². The largest absolute Gasteiger partial charge is 0.355 e.